The topological polar surface area (TPSA) is 47.6 Å². The first-order valence-electron chi connectivity index (χ1n) is 9.93. The summed E-state index contributed by atoms with van der Waals surface area (Å²) in [4.78, 5) is 12.8. The smallest absolute Gasteiger partial charge is 0.387 e. The number of carbonyl (C=O) groups is 1. The fourth-order valence-electron chi connectivity index (χ4n) is 5.87. The second-order valence-electron chi connectivity index (χ2n) is 8.36. The predicted octanol–water partition coefficient (Wildman–Crippen LogP) is 4.03. The molecule has 0 aromatic heterocycles. The van der Waals surface area contributed by atoms with Crippen molar-refractivity contribution in [2.24, 2.45) is 29.6 Å². The van der Waals surface area contributed by atoms with Gasteiger partial charge in [0, 0.05) is 12.5 Å². The zero-order valence-corrected chi connectivity index (χ0v) is 15.6. The van der Waals surface area contributed by atoms with Crippen LogP contribution in [0.1, 0.15) is 37.7 Å². The van der Waals surface area contributed by atoms with Gasteiger partial charge in [0.05, 0.1) is 7.11 Å². The third-order valence-electron chi connectivity index (χ3n) is 6.69. The summed E-state index contributed by atoms with van der Waals surface area (Å²) in [6.45, 7) is -2.40. The molecule has 0 heterocycles. The number of amides is 1. The number of halogens is 2. The standard InChI is InChI=1S/C21H27F2NO3/c1-26-17-3-2-12(11-18(17)27-21(22)23)4-5-24-20(25)19-15-7-13-6-14(9-15)10-16(19)8-13/h2-3,11,13-16,19,21H,4-10H2,1H3,(H,24,25). The lowest BCUT2D eigenvalue weighted by molar-refractivity contribution is -0.138. The van der Waals surface area contributed by atoms with Crippen LogP contribution >= 0.6 is 0 Å². The van der Waals surface area contributed by atoms with E-state index in [9.17, 15) is 13.6 Å². The summed E-state index contributed by atoms with van der Waals surface area (Å²) in [6, 6.07) is 4.98. The number of methoxy groups -OCH3 is 1. The van der Waals surface area contributed by atoms with E-state index in [1.165, 1.54) is 39.2 Å². The zero-order valence-electron chi connectivity index (χ0n) is 15.6. The highest BCUT2D eigenvalue weighted by Crippen LogP contribution is 2.56. The molecule has 4 fully saturated rings. The van der Waals surface area contributed by atoms with Crippen molar-refractivity contribution in [2.45, 2.75) is 45.1 Å². The number of alkyl halides is 2. The molecule has 0 unspecified atom stereocenters. The summed E-state index contributed by atoms with van der Waals surface area (Å²) in [6.07, 6.45) is 6.83. The summed E-state index contributed by atoms with van der Waals surface area (Å²) in [5, 5.41) is 3.09. The molecule has 1 N–H and O–H groups in total. The summed E-state index contributed by atoms with van der Waals surface area (Å²) >= 11 is 0. The molecule has 0 aliphatic heterocycles. The number of ether oxygens (including phenoxy) is 2. The average Bonchev–Trinajstić information content (AvgIpc) is 2.60. The van der Waals surface area contributed by atoms with E-state index in [1.807, 2.05) is 6.07 Å². The van der Waals surface area contributed by atoms with Gasteiger partial charge in [-0.15, -0.1) is 0 Å². The minimum Gasteiger partial charge on any atom is -0.493 e. The lowest BCUT2D eigenvalue weighted by Crippen LogP contribution is -2.51. The van der Waals surface area contributed by atoms with Crippen molar-refractivity contribution in [3.8, 4) is 11.5 Å². The Bertz CT molecular complexity index is 666. The van der Waals surface area contributed by atoms with Gasteiger partial charge < -0.3 is 14.8 Å². The zero-order chi connectivity index (χ0) is 19.0. The van der Waals surface area contributed by atoms with Crippen molar-refractivity contribution in [3.05, 3.63) is 23.8 Å². The van der Waals surface area contributed by atoms with E-state index in [4.69, 9.17) is 4.74 Å². The van der Waals surface area contributed by atoms with Crippen LogP contribution in [0.2, 0.25) is 0 Å². The molecule has 0 atom stereocenters. The van der Waals surface area contributed by atoms with E-state index in [1.54, 1.807) is 12.1 Å². The Morgan fingerprint density at radius 2 is 1.78 bits per heavy atom. The molecular formula is C21H27F2NO3. The molecule has 0 radical (unpaired) electrons. The van der Waals surface area contributed by atoms with Crippen molar-refractivity contribution < 1.29 is 23.0 Å². The van der Waals surface area contributed by atoms with Gasteiger partial charge in [0.2, 0.25) is 5.91 Å². The Kier molecular flexibility index (Phi) is 5.24. The highest BCUT2D eigenvalue weighted by molar-refractivity contribution is 5.79. The number of benzene rings is 1. The fourth-order valence-corrected chi connectivity index (χ4v) is 5.87. The molecule has 4 aliphatic carbocycles. The average molecular weight is 379 g/mol. The van der Waals surface area contributed by atoms with Gasteiger partial charge in [0.25, 0.3) is 0 Å². The van der Waals surface area contributed by atoms with Gasteiger partial charge in [-0.1, -0.05) is 6.07 Å². The van der Waals surface area contributed by atoms with Gasteiger partial charge in [-0.2, -0.15) is 8.78 Å². The first kappa shape index (κ1) is 18.5. The van der Waals surface area contributed by atoms with Crippen LogP contribution in [0.15, 0.2) is 18.2 Å². The largest absolute Gasteiger partial charge is 0.493 e. The van der Waals surface area contributed by atoms with Gasteiger partial charge >= 0.3 is 6.61 Å². The van der Waals surface area contributed by atoms with Crippen LogP contribution in [0.25, 0.3) is 0 Å². The molecule has 1 amide bonds. The third kappa shape index (κ3) is 3.90. The van der Waals surface area contributed by atoms with Crippen LogP contribution in [0.4, 0.5) is 8.78 Å². The molecule has 6 heteroatoms. The maximum absolute atomic E-state index is 12.8. The van der Waals surface area contributed by atoms with Crippen molar-refractivity contribution >= 4 is 5.91 Å². The Hall–Kier alpha value is -1.85. The van der Waals surface area contributed by atoms with Gasteiger partial charge in [0.1, 0.15) is 0 Å². The Morgan fingerprint density at radius 3 is 2.37 bits per heavy atom. The van der Waals surface area contributed by atoms with E-state index >= 15 is 0 Å². The fraction of sp³-hybridized carbons (Fsp3) is 0.667. The SMILES string of the molecule is COc1ccc(CCNC(=O)C2C3CC4CC(C3)CC2C4)cc1OC(F)F. The molecule has 1 aromatic carbocycles. The highest BCUT2D eigenvalue weighted by atomic mass is 19.3. The minimum absolute atomic E-state index is 0.0253. The van der Waals surface area contributed by atoms with Gasteiger partial charge in [0.15, 0.2) is 11.5 Å². The Balaban J connectivity index is 1.32. The lowest BCUT2D eigenvalue weighted by Gasteiger charge is -2.53. The monoisotopic (exact) mass is 379 g/mol. The summed E-state index contributed by atoms with van der Waals surface area (Å²) < 4.78 is 34.6. The van der Waals surface area contributed by atoms with Gasteiger partial charge in [-0.05, 0) is 79.9 Å². The first-order chi connectivity index (χ1) is 13.0. The first-order valence-corrected chi connectivity index (χ1v) is 9.93. The van der Waals surface area contributed by atoms with Crippen LogP contribution in [-0.4, -0.2) is 26.2 Å². The second-order valence-corrected chi connectivity index (χ2v) is 8.36. The van der Waals surface area contributed by atoms with Crippen molar-refractivity contribution in [2.75, 3.05) is 13.7 Å². The van der Waals surface area contributed by atoms with E-state index in [0.29, 0.717) is 24.8 Å². The number of carbonyl (C=O) groups excluding carboxylic acids is 1. The van der Waals surface area contributed by atoms with Crippen molar-refractivity contribution in [1.82, 2.24) is 5.32 Å². The normalized spacial score (nSPS) is 31.2. The van der Waals surface area contributed by atoms with E-state index in [-0.39, 0.29) is 23.3 Å². The van der Waals surface area contributed by atoms with E-state index < -0.39 is 6.61 Å². The van der Waals surface area contributed by atoms with Crippen LogP contribution < -0.4 is 14.8 Å². The van der Waals surface area contributed by atoms with Crippen LogP contribution in [0, 0.1) is 29.6 Å². The number of nitrogens with one attached hydrogen (secondary N) is 1. The maximum atomic E-state index is 12.8. The van der Waals surface area contributed by atoms with Gasteiger partial charge in [-0.25, -0.2) is 0 Å². The van der Waals surface area contributed by atoms with Crippen molar-refractivity contribution in [1.29, 1.82) is 0 Å². The summed E-state index contributed by atoms with van der Waals surface area (Å²) in [5.41, 5.74) is 0.830. The molecule has 0 spiro atoms. The molecule has 27 heavy (non-hydrogen) atoms. The third-order valence-corrected chi connectivity index (χ3v) is 6.69. The Morgan fingerprint density at radius 1 is 1.11 bits per heavy atom. The predicted molar refractivity (Wildman–Crippen MR) is 96.9 cm³/mol. The summed E-state index contributed by atoms with van der Waals surface area (Å²) in [7, 11) is 1.42. The summed E-state index contributed by atoms with van der Waals surface area (Å²) in [5.74, 6) is 3.48. The van der Waals surface area contributed by atoms with Crippen LogP contribution in [0.3, 0.4) is 0 Å². The second kappa shape index (κ2) is 7.64. The van der Waals surface area contributed by atoms with Crippen LogP contribution in [0.5, 0.6) is 11.5 Å². The maximum Gasteiger partial charge on any atom is 0.387 e. The lowest BCUT2D eigenvalue weighted by atomic mass is 9.51. The molecule has 4 aliphatic rings. The molecule has 4 bridgehead atoms. The molecule has 148 valence electrons. The molecule has 4 saturated carbocycles. The van der Waals surface area contributed by atoms with Crippen molar-refractivity contribution in [3.63, 3.8) is 0 Å². The molecule has 4 nitrogen and oxygen atoms in total. The number of rotatable bonds is 7. The molecule has 1 aromatic rings. The number of hydrogen-bond donors (Lipinski definition) is 1. The molecule has 0 saturated heterocycles. The quantitative estimate of drug-likeness (QED) is 0.778. The Labute approximate surface area is 158 Å². The minimum atomic E-state index is -2.90. The molecule has 5 rings (SSSR count). The highest BCUT2D eigenvalue weighted by Gasteiger charge is 2.50. The number of hydrogen-bond acceptors (Lipinski definition) is 3. The van der Waals surface area contributed by atoms with Gasteiger partial charge in [-0.3, -0.25) is 4.79 Å². The van der Waals surface area contributed by atoms with Crippen LogP contribution in [-0.2, 0) is 11.2 Å². The molecular weight excluding hydrogens is 352 g/mol. The van der Waals surface area contributed by atoms with E-state index in [2.05, 4.69) is 10.1 Å². The van der Waals surface area contributed by atoms with E-state index in [0.717, 1.165) is 17.4 Å².